The van der Waals surface area contributed by atoms with Crippen LogP contribution in [0.4, 0.5) is 0 Å². The van der Waals surface area contributed by atoms with Crippen LogP contribution in [0.15, 0.2) is 24.5 Å². The molecule has 0 saturated carbocycles. The van der Waals surface area contributed by atoms with Crippen molar-refractivity contribution in [3.63, 3.8) is 0 Å². The quantitative estimate of drug-likeness (QED) is 0.898. The van der Waals surface area contributed by atoms with Crippen LogP contribution in [0.25, 0.3) is 0 Å². The first-order valence-corrected chi connectivity index (χ1v) is 10.5. The summed E-state index contributed by atoms with van der Waals surface area (Å²) in [7, 11) is 0. The number of fused-ring (bicyclic) bond motifs is 1. The molecule has 3 heterocycles. The molecule has 2 aliphatic rings. The zero-order chi connectivity index (χ0) is 17.8. The molecule has 1 aliphatic heterocycles. The standard InChI is InChI=1S/C20H26N4OS/c25-20(15-7-10-21-11-8-15)22-16-4-3-12-24(13-9-16)14-19-23-17-5-1-2-6-18(17)26-19/h7-8,10-11,16H,1-6,9,12-14H2,(H,22,25)/t16-/m0/s1. The number of amides is 1. The van der Waals surface area contributed by atoms with Crippen LogP contribution in [0, 0.1) is 0 Å². The number of rotatable bonds is 4. The molecule has 1 amide bonds. The van der Waals surface area contributed by atoms with Crippen LogP contribution in [0.5, 0.6) is 0 Å². The molecule has 4 rings (SSSR count). The molecule has 1 N–H and O–H groups in total. The highest BCUT2D eigenvalue weighted by Crippen LogP contribution is 2.27. The van der Waals surface area contributed by atoms with E-state index in [1.54, 1.807) is 24.5 Å². The molecule has 0 aromatic carbocycles. The summed E-state index contributed by atoms with van der Waals surface area (Å²) in [5, 5.41) is 4.47. The summed E-state index contributed by atoms with van der Waals surface area (Å²) in [5.41, 5.74) is 2.04. The van der Waals surface area contributed by atoms with E-state index in [0.29, 0.717) is 5.56 Å². The van der Waals surface area contributed by atoms with E-state index in [9.17, 15) is 4.79 Å². The maximum Gasteiger partial charge on any atom is 0.251 e. The smallest absolute Gasteiger partial charge is 0.251 e. The van der Waals surface area contributed by atoms with E-state index in [1.807, 2.05) is 11.3 Å². The Morgan fingerprint density at radius 1 is 1.15 bits per heavy atom. The van der Waals surface area contributed by atoms with Crippen LogP contribution < -0.4 is 5.32 Å². The number of hydrogen-bond acceptors (Lipinski definition) is 5. The van der Waals surface area contributed by atoms with Crippen LogP contribution in [-0.4, -0.2) is 39.9 Å². The molecule has 1 fully saturated rings. The van der Waals surface area contributed by atoms with E-state index in [1.165, 1.54) is 34.8 Å². The summed E-state index contributed by atoms with van der Waals surface area (Å²) in [5.74, 6) is 0.0125. The zero-order valence-corrected chi connectivity index (χ0v) is 15.9. The highest BCUT2D eigenvalue weighted by Gasteiger charge is 2.21. The number of nitrogens with one attached hydrogen (secondary N) is 1. The average molecular weight is 371 g/mol. The largest absolute Gasteiger partial charge is 0.349 e. The monoisotopic (exact) mass is 370 g/mol. The number of hydrogen-bond donors (Lipinski definition) is 1. The van der Waals surface area contributed by atoms with Crippen LogP contribution in [-0.2, 0) is 19.4 Å². The van der Waals surface area contributed by atoms with Crippen LogP contribution in [0.2, 0.25) is 0 Å². The number of aromatic nitrogens is 2. The van der Waals surface area contributed by atoms with Gasteiger partial charge in [-0.05, 0) is 63.6 Å². The van der Waals surface area contributed by atoms with Gasteiger partial charge < -0.3 is 5.32 Å². The molecule has 0 bridgehead atoms. The SMILES string of the molecule is O=C(N[C@H]1CCCN(Cc2nc3c(s2)CCCC3)CC1)c1ccncc1. The second kappa shape index (κ2) is 8.27. The van der Waals surface area contributed by atoms with Gasteiger partial charge in [0, 0.05) is 35.4 Å². The molecule has 5 nitrogen and oxygen atoms in total. The lowest BCUT2D eigenvalue weighted by molar-refractivity contribution is 0.0933. The fourth-order valence-electron chi connectivity index (χ4n) is 3.89. The first kappa shape index (κ1) is 17.6. The van der Waals surface area contributed by atoms with Gasteiger partial charge in [-0.15, -0.1) is 11.3 Å². The molecule has 2 aromatic heterocycles. The molecule has 0 spiro atoms. The van der Waals surface area contributed by atoms with Crippen molar-refractivity contribution in [2.45, 2.75) is 57.5 Å². The Balaban J connectivity index is 1.30. The predicted molar refractivity (Wildman–Crippen MR) is 103 cm³/mol. The number of nitrogens with zero attached hydrogens (tertiary/aromatic N) is 3. The molecule has 0 unspecified atom stereocenters. The Hall–Kier alpha value is -1.79. The number of thiazole rings is 1. The fourth-order valence-corrected chi connectivity index (χ4v) is 5.09. The Morgan fingerprint density at radius 2 is 2.00 bits per heavy atom. The van der Waals surface area contributed by atoms with Crippen LogP contribution in [0.3, 0.4) is 0 Å². The molecule has 1 saturated heterocycles. The highest BCUT2D eigenvalue weighted by molar-refractivity contribution is 7.11. The second-order valence-electron chi connectivity index (χ2n) is 7.30. The Bertz CT molecular complexity index is 722. The minimum Gasteiger partial charge on any atom is -0.349 e. The maximum absolute atomic E-state index is 12.3. The highest BCUT2D eigenvalue weighted by atomic mass is 32.1. The number of pyridine rings is 1. The van der Waals surface area contributed by atoms with Gasteiger partial charge in [-0.2, -0.15) is 0 Å². The van der Waals surface area contributed by atoms with Crippen LogP contribution >= 0.6 is 11.3 Å². The lowest BCUT2D eigenvalue weighted by Crippen LogP contribution is -2.35. The number of likely N-dealkylation sites (tertiary alicyclic amines) is 1. The summed E-state index contributed by atoms with van der Waals surface area (Å²) in [6, 6.07) is 3.79. The van der Waals surface area contributed by atoms with Crippen molar-refractivity contribution in [3.05, 3.63) is 45.7 Å². The summed E-state index contributed by atoms with van der Waals surface area (Å²) in [6.45, 7) is 3.07. The molecule has 2 aromatic rings. The minimum absolute atomic E-state index is 0.0125. The molecule has 26 heavy (non-hydrogen) atoms. The zero-order valence-electron chi connectivity index (χ0n) is 15.1. The van der Waals surface area contributed by atoms with Crippen molar-refractivity contribution >= 4 is 17.2 Å². The third-order valence-corrected chi connectivity index (χ3v) is 6.49. The van der Waals surface area contributed by atoms with E-state index in [0.717, 1.165) is 45.3 Å². The van der Waals surface area contributed by atoms with E-state index in [-0.39, 0.29) is 11.9 Å². The number of carbonyl (C=O) groups is 1. The fraction of sp³-hybridized carbons (Fsp3) is 0.550. The van der Waals surface area contributed by atoms with Crippen molar-refractivity contribution in [1.29, 1.82) is 0 Å². The van der Waals surface area contributed by atoms with Crippen molar-refractivity contribution in [1.82, 2.24) is 20.2 Å². The van der Waals surface area contributed by atoms with Crippen molar-refractivity contribution < 1.29 is 4.79 Å². The Labute approximate surface area is 158 Å². The second-order valence-corrected chi connectivity index (χ2v) is 8.47. The Morgan fingerprint density at radius 3 is 2.85 bits per heavy atom. The number of aryl methyl sites for hydroxylation is 2. The van der Waals surface area contributed by atoms with Crippen LogP contribution in [0.1, 0.15) is 58.0 Å². The summed E-state index contributed by atoms with van der Waals surface area (Å²) < 4.78 is 0. The van der Waals surface area contributed by atoms with E-state index in [4.69, 9.17) is 4.98 Å². The molecular weight excluding hydrogens is 344 g/mol. The normalized spacial score (nSPS) is 21.0. The molecule has 1 atom stereocenters. The average Bonchev–Trinajstić information content (AvgIpc) is 2.95. The molecule has 1 aliphatic carbocycles. The van der Waals surface area contributed by atoms with E-state index >= 15 is 0 Å². The third kappa shape index (κ3) is 4.30. The van der Waals surface area contributed by atoms with E-state index in [2.05, 4.69) is 15.2 Å². The van der Waals surface area contributed by atoms with Gasteiger partial charge in [-0.3, -0.25) is 14.7 Å². The van der Waals surface area contributed by atoms with E-state index < -0.39 is 0 Å². The van der Waals surface area contributed by atoms with Gasteiger partial charge in [0.15, 0.2) is 0 Å². The topological polar surface area (TPSA) is 58.1 Å². The number of carbonyl (C=O) groups excluding carboxylic acids is 1. The lowest BCUT2D eigenvalue weighted by atomic mass is 10.0. The van der Waals surface area contributed by atoms with Gasteiger partial charge in [0.1, 0.15) is 5.01 Å². The molecular formula is C20H26N4OS. The summed E-state index contributed by atoms with van der Waals surface area (Å²) in [6.07, 6.45) is 11.5. The van der Waals surface area contributed by atoms with Crippen molar-refractivity contribution in [2.24, 2.45) is 0 Å². The lowest BCUT2D eigenvalue weighted by Gasteiger charge is -2.19. The van der Waals surface area contributed by atoms with Crippen molar-refractivity contribution in [2.75, 3.05) is 13.1 Å². The molecule has 138 valence electrons. The van der Waals surface area contributed by atoms with Gasteiger partial charge in [0.25, 0.3) is 5.91 Å². The predicted octanol–water partition coefficient (Wildman–Crippen LogP) is 3.20. The van der Waals surface area contributed by atoms with Gasteiger partial charge in [-0.1, -0.05) is 0 Å². The first-order chi connectivity index (χ1) is 12.8. The molecule has 0 radical (unpaired) electrons. The molecule has 6 heteroatoms. The van der Waals surface area contributed by atoms with Gasteiger partial charge in [0.2, 0.25) is 0 Å². The van der Waals surface area contributed by atoms with Gasteiger partial charge in [0.05, 0.1) is 12.2 Å². The van der Waals surface area contributed by atoms with Gasteiger partial charge >= 0.3 is 0 Å². The first-order valence-electron chi connectivity index (χ1n) is 9.68. The minimum atomic E-state index is 0.0125. The Kier molecular flexibility index (Phi) is 5.60. The third-order valence-electron chi connectivity index (χ3n) is 5.35. The van der Waals surface area contributed by atoms with Gasteiger partial charge in [-0.25, -0.2) is 4.98 Å². The summed E-state index contributed by atoms with van der Waals surface area (Å²) in [4.78, 5) is 25.2. The maximum atomic E-state index is 12.3. The summed E-state index contributed by atoms with van der Waals surface area (Å²) >= 11 is 1.92. The van der Waals surface area contributed by atoms with Crippen molar-refractivity contribution in [3.8, 4) is 0 Å².